The third-order valence-electron chi connectivity index (χ3n) is 1.86. The molecule has 0 spiro atoms. The number of ketones is 1. The summed E-state index contributed by atoms with van der Waals surface area (Å²) in [7, 11) is 0. The number of thioether (sulfide) groups is 1. The highest BCUT2D eigenvalue weighted by atomic mass is 79.9. The molecular weight excluding hydrogens is 292 g/mol. The number of carbonyl (C=O) groups is 2. The lowest BCUT2D eigenvalue weighted by atomic mass is 10.1. The largest absolute Gasteiger partial charge is 0.427 e. The summed E-state index contributed by atoms with van der Waals surface area (Å²) in [6, 6.07) is 4.99. The fourth-order valence-electron chi connectivity index (χ4n) is 1.20. The van der Waals surface area contributed by atoms with Crippen LogP contribution in [0.1, 0.15) is 17.3 Å². The van der Waals surface area contributed by atoms with Gasteiger partial charge in [-0.2, -0.15) is 0 Å². The molecular formula is C11H11BrO3S. The number of rotatable bonds is 4. The zero-order valence-electron chi connectivity index (χ0n) is 8.95. The van der Waals surface area contributed by atoms with Crippen LogP contribution in [0.5, 0.6) is 5.75 Å². The second-order valence-electron chi connectivity index (χ2n) is 3.01. The first-order valence-corrected chi connectivity index (χ1v) is 6.88. The smallest absolute Gasteiger partial charge is 0.308 e. The Morgan fingerprint density at radius 3 is 2.62 bits per heavy atom. The zero-order chi connectivity index (χ0) is 12.1. The molecule has 0 aliphatic carbocycles. The second-order valence-corrected chi connectivity index (χ2v) is 4.42. The van der Waals surface area contributed by atoms with Gasteiger partial charge in [-0.1, -0.05) is 15.9 Å². The maximum absolute atomic E-state index is 11.6. The van der Waals surface area contributed by atoms with E-state index in [-0.39, 0.29) is 17.1 Å². The molecule has 0 fully saturated rings. The highest BCUT2D eigenvalue weighted by Crippen LogP contribution is 2.26. The van der Waals surface area contributed by atoms with E-state index in [1.165, 1.54) is 18.7 Å². The Bertz CT molecular complexity index is 418. The minimum Gasteiger partial charge on any atom is -0.427 e. The predicted octanol–water partition coefficient (Wildman–Crippen LogP) is 2.91. The lowest BCUT2D eigenvalue weighted by Gasteiger charge is -2.07. The summed E-state index contributed by atoms with van der Waals surface area (Å²) in [6.07, 6.45) is 1.87. The van der Waals surface area contributed by atoms with Crippen molar-refractivity contribution in [2.45, 2.75) is 11.8 Å². The summed E-state index contributed by atoms with van der Waals surface area (Å²) in [6.45, 7) is 1.34. The minimum absolute atomic E-state index is 0.0127. The highest BCUT2D eigenvalue weighted by Gasteiger charge is 2.11. The molecule has 0 amide bonds. The fraction of sp³-hybridized carbons (Fsp3) is 0.273. The van der Waals surface area contributed by atoms with Crippen LogP contribution in [0.4, 0.5) is 0 Å². The standard InChI is InChI=1S/C11H11BrO3S/c1-7(13)15-8-3-4-9(10(14)6-12)11(5-8)16-2/h3-5H,6H2,1-2H3. The van der Waals surface area contributed by atoms with E-state index in [0.29, 0.717) is 11.3 Å². The molecule has 86 valence electrons. The van der Waals surface area contributed by atoms with E-state index in [4.69, 9.17) is 4.74 Å². The van der Waals surface area contributed by atoms with Crippen LogP contribution in [-0.2, 0) is 4.79 Å². The van der Waals surface area contributed by atoms with Crippen molar-refractivity contribution in [1.82, 2.24) is 0 Å². The normalized spacial score (nSPS) is 9.94. The van der Waals surface area contributed by atoms with Gasteiger partial charge >= 0.3 is 5.97 Å². The van der Waals surface area contributed by atoms with Crippen molar-refractivity contribution in [2.75, 3.05) is 11.6 Å². The van der Waals surface area contributed by atoms with Crippen molar-refractivity contribution in [1.29, 1.82) is 0 Å². The first-order valence-electron chi connectivity index (χ1n) is 4.54. The van der Waals surface area contributed by atoms with Crippen LogP contribution >= 0.6 is 27.7 Å². The molecule has 1 rings (SSSR count). The number of ether oxygens (including phenoxy) is 1. The van der Waals surface area contributed by atoms with Gasteiger partial charge in [-0.25, -0.2) is 0 Å². The fourth-order valence-corrected chi connectivity index (χ4v) is 2.14. The van der Waals surface area contributed by atoms with Gasteiger partial charge in [0.2, 0.25) is 0 Å². The molecule has 0 atom stereocenters. The van der Waals surface area contributed by atoms with E-state index in [1.807, 2.05) is 6.26 Å². The van der Waals surface area contributed by atoms with Crippen molar-refractivity contribution >= 4 is 39.4 Å². The summed E-state index contributed by atoms with van der Waals surface area (Å²) >= 11 is 4.58. The quantitative estimate of drug-likeness (QED) is 0.282. The lowest BCUT2D eigenvalue weighted by molar-refractivity contribution is -0.131. The molecule has 0 unspecified atom stereocenters. The highest BCUT2D eigenvalue weighted by molar-refractivity contribution is 9.09. The molecule has 0 aliphatic heterocycles. The summed E-state index contributed by atoms with van der Waals surface area (Å²) in [5.41, 5.74) is 0.639. The summed E-state index contributed by atoms with van der Waals surface area (Å²) < 4.78 is 4.95. The maximum atomic E-state index is 11.6. The van der Waals surface area contributed by atoms with Gasteiger partial charge in [-0.3, -0.25) is 9.59 Å². The summed E-state index contributed by atoms with van der Waals surface area (Å²) in [5.74, 6) is 0.105. The lowest BCUT2D eigenvalue weighted by Crippen LogP contribution is -2.05. The van der Waals surface area contributed by atoms with Crippen LogP contribution in [0.15, 0.2) is 23.1 Å². The molecule has 0 heterocycles. The Labute approximate surface area is 107 Å². The molecule has 0 aliphatic rings. The number of Topliss-reactive ketones (excluding diaryl/α,β-unsaturated/α-hetero) is 1. The van der Waals surface area contributed by atoms with Gasteiger partial charge < -0.3 is 4.74 Å². The molecule has 3 nitrogen and oxygen atoms in total. The minimum atomic E-state index is -0.369. The van der Waals surface area contributed by atoms with Gasteiger partial charge in [-0.05, 0) is 24.5 Å². The molecule has 1 aromatic carbocycles. The van der Waals surface area contributed by atoms with Crippen molar-refractivity contribution < 1.29 is 14.3 Å². The number of hydrogen-bond donors (Lipinski definition) is 0. The van der Waals surface area contributed by atoms with Gasteiger partial charge in [0, 0.05) is 17.4 Å². The average Bonchev–Trinajstić information content (AvgIpc) is 2.27. The molecule has 0 bridgehead atoms. The molecule has 0 radical (unpaired) electrons. The SMILES string of the molecule is CSc1cc(OC(C)=O)ccc1C(=O)CBr. The third-order valence-corrected chi connectivity index (χ3v) is 3.14. The zero-order valence-corrected chi connectivity index (χ0v) is 11.4. The van der Waals surface area contributed by atoms with Crippen LogP contribution in [0.2, 0.25) is 0 Å². The molecule has 5 heteroatoms. The number of alkyl halides is 1. The Kier molecular flexibility index (Phi) is 5.02. The summed E-state index contributed by atoms with van der Waals surface area (Å²) in [5, 5.41) is 0.285. The predicted molar refractivity (Wildman–Crippen MR) is 67.7 cm³/mol. The van der Waals surface area contributed by atoms with E-state index >= 15 is 0 Å². The van der Waals surface area contributed by atoms with Crippen molar-refractivity contribution in [3.05, 3.63) is 23.8 Å². The van der Waals surface area contributed by atoms with Gasteiger partial charge in [-0.15, -0.1) is 11.8 Å². The second kappa shape index (κ2) is 6.06. The maximum Gasteiger partial charge on any atom is 0.308 e. The number of carbonyl (C=O) groups excluding carboxylic acids is 2. The monoisotopic (exact) mass is 302 g/mol. The Morgan fingerprint density at radius 1 is 1.44 bits per heavy atom. The Hall–Kier alpha value is -0.810. The van der Waals surface area contributed by atoms with Gasteiger partial charge in [0.1, 0.15) is 5.75 Å². The van der Waals surface area contributed by atoms with Crippen LogP contribution < -0.4 is 4.74 Å². The molecule has 0 N–H and O–H groups in total. The van der Waals surface area contributed by atoms with Crippen LogP contribution in [-0.4, -0.2) is 23.3 Å². The Balaban J connectivity index is 3.06. The molecule has 16 heavy (non-hydrogen) atoms. The molecule has 1 aromatic rings. The van der Waals surface area contributed by atoms with Crippen LogP contribution in [0.3, 0.4) is 0 Å². The first kappa shape index (κ1) is 13.3. The van der Waals surface area contributed by atoms with Crippen LogP contribution in [0.25, 0.3) is 0 Å². The van der Waals surface area contributed by atoms with Crippen LogP contribution in [0, 0.1) is 0 Å². The van der Waals surface area contributed by atoms with Crippen molar-refractivity contribution in [2.24, 2.45) is 0 Å². The topological polar surface area (TPSA) is 43.4 Å². The van der Waals surface area contributed by atoms with E-state index in [0.717, 1.165) is 4.90 Å². The third kappa shape index (κ3) is 3.35. The van der Waals surface area contributed by atoms with E-state index in [9.17, 15) is 9.59 Å². The van der Waals surface area contributed by atoms with Gasteiger partial charge in [0.15, 0.2) is 5.78 Å². The number of halogens is 1. The number of hydrogen-bond acceptors (Lipinski definition) is 4. The van der Waals surface area contributed by atoms with Crippen molar-refractivity contribution in [3.8, 4) is 5.75 Å². The molecule has 0 aromatic heterocycles. The van der Waals surface area contributed by atoms with E-state index < -0.39 is 0 Å². The first-order chi connectivity index (χ1) is 7.58. The number of esters is 1. The molecule has 0 saturated heterocycles. The Morgan fingerprint density at radius 2 is 2.12 bits per heavy atom. The van der Waals surface area contributed by atoms with E-state index in [2.05, 4.69) is 15.9 Å². The molecule has 0 saturated carbocycles. The van der Waals surface area contributed by atoms with Gasteiger partial charge in [0.05, 0.1) is 5.33 Å². The van der Waals surface area contributed by atoms with Crippen molar-refractivity contribution in [3.63, 3.8) is 0 Å². The van der Waals surface area contributed by atoms with E-state index in [1.54, 1.807) is 18.2 Å². The average molecular weight is 303 g/mol. The number of benzene rings is 1. The van der Waals surface area contributed by atoms with Gasteiger partial charge in [0.25, 0.3) is 0 Å². The summed E-state index contributed by atoms with van der Waals surface area (Å²) in [4.78, 5) is 23.2.